The zero-order chi connectivity index (χ0) is 16.0. The predicted octanol–water partition coefficient (Wildman–Crippen LogP) is 3.32. The summed E-state index contributed by atoms with van der Waals surface area (Å²) in [6.45, 7) is 7.41. The zero-order valence-corrected chi connectivity index (χ0v) is 13.2. The van der Waals surface area contributed by atoms with Crippen molar-refractivity contribution in [1.82, 2.24) is 4.98 Å². The zero-order valence-electron chi connectivity index (χ0n) is 13.2. The minimum atomic E-state index is -0.273. The van der Waals surface area contributed by atoms with Crippen LogP contribution >= 0.6 is 0 Å². The Kier molecular flexibility index (Phi) is 3.32. The molecule has 1 aliphatic heterocycles. The average Bonchev–Trinajstić information content (AvgIpc) is 2.71. The van der Waals surface area contributed by atoms with E-state index in [-0.39, 0.29) is 11.8 Å². The molecular formula is C18H18N2O2. The molecule has 1 aromatic heterocycles. The van der Waals surface area contributed by atoms with Gasteiger partial charge >= 0.3 is 0 Å². The summed E-state index contributed by atoms with van der Waals surface area (Å²) in [5, 5.41) is 1.08. The van der Waals surface area contributed by atoms with Crippen molar-refractivity contribution >= 4 is 28.5 Å². The maximum atomic E-state index is 12.4. The molecule has 112 valence electrons. The van der Waals surface area contributed by atoms with Crippen molar-refractivity contribution in [2.75, 3.05) is 4.90 Å². The molecule has 0 N–H and O–H groups in total. The van der Waals surface area contributed by atoms with E-state index in [9.17, 15) is 9.59 Å². The van der Waals surface area contributed by atoms with Crippen LogP contribution in [-0.4, -0.2) is 16.8 Å². The van der Waals surface area contributed by atoms with Crippen molar-refractivity contribution in [3.63, 3.8) is 0 Å². The first-order valence-corrected chi connectivity index (χ1v) is 7.41. The van der Waals surface area contributed by atoms with Crippen LogP contribution in [0, 0.1) is 6.92 Å². The SMILES string of the molecule is CCc1cc(N2C(=O)C(C)=C(C)C2=O)nc2c(C)cccc12. The molecule has 1 aromatic carbocycles. The van der Waals surface area contributed by atoms with Gasteiger partial charge in [-0.1, -0.05) is 25.1 Å². The summed E-state index contributed by atoms with van der Waals surface area (Å²) in [6.07, 6.45) is 0.817. The number of aryl methyl sites for hydroxylation is 2. The lowest BCUT2D eigenvalue weighted by Crippen LogP contribution is -2.32. The Balaban J connectivity index is 2.23. The molecule has 22 heavy (non-hydrogen) atoms. The van der Waals surface area contributed by atoms with E-state index in [1.165, 1.54) is 4.90 Å². The minimum Gasteiger partial charge on any atom is -0.269 e. The summed E-state index contributed by atoms with van der Waals surface area (Å²) < 4.78 is 0. The van der Waals surface area contributed by atoms with Gasteiger partial charge in [0.2, 0.25) is 0 Å². The number of carbonyl (C=O) groups excluding carboxylic acids is 2. The Morgan fingerprint density at radius 1 is 1.05 bits per heavy atom. The molecule has 2 aromatic rings. The first-order chi connectivity index (χ1) is 10.5. The standard InChI is InChI=1S/C18H18N2O2/c1-5-13-9-15(19-16-10(2)7-6-8-14(13)16)20-17(21)11(3)12(4)18(20)22/h6-9H,5H2,1-4H3. The van der Waals surface area contributed by atoms with E-state index in [2.05, 4.69) is 11.9 Å². The second-order valence-electron chi connectivity index (χ2n) is 5.66. The molecule has 0 saturated heterocycles. The van der Waals surface area contributed by atoms with Crippen molar-refractivity contribution in [3.8, 4) is 0 Å². The molecule has 4 heteroatoms. The molecule has 0 aliphatic carbocycles. The van der Waals surface area contributed by atoms with Crippen LogP contribution in [0.2, 0.25) is 0 Å². The average molecular weight is 294 g/mol. The van der Waals surface area contributed by atoms with Gasteiger partial charge in [0.05, 0.1) is 5.52 Å². The number of para-hydroxylation sites is 1. The second-order valence-corrected chi connectivity index (χ2v) is 5.66. The summed E-state index contributed by atoms with van der Waals surface area (Å²) >= 11 is 0. The van der Waals surface area contributed by atoms with Crippen LogP contribution in [0.1, 0.15) is 31.9 Å². The fraction of sp³-hybridized carbons (Fsp3) is 0.278. The van der Waals surface area contributed by atoms with Crippen LogP contribution in [0.4, 0.5) is 5.82 Å². The Hall–Kier alpha value is -2.49. The maximum Gasteiger partial charge on any atom is 0.262 e. The fourth-order valence-corrected chi connectivity index (χ4v) is 2.81. The smallest absolute Gasteiger partial charge is 0.262 e. The van der Waals surface area contributed by atoms with Crippen molar-refractivity contribution < 1.29 is 9.59 Å². The van der Waals surface area contributed by atoms with Crippen LogP contribution < -0.4 is 4.90 Å². The molecule has 0 fully saturated rings. The molecule has 3 rings (SSSR count). The molecule has 2 amide bonds. The van der Waals surface area contributed by atoms with E-state index < -0.39 is 0 Å². The minimum absolute atomic E-state index is 0.273. The highest BCUT2D eigenvalue weighted by Crippen LogP contribution is 2.30. The number of hydrogen-bond donors (Lipinski definition) is 0. The van der Waals surface area contributed by atoms with Crippen LogP contribution in [0.5, 0.6) is 0 Å². The van der Waals surface area contributed by atoms with Gasteiger partial charge in [-0.25, -0.2) is 9.88 Å². The van der Waals surface area contributed by atoms with Crippen molar-refractivity contribution in [1.29, 1.82) is 0 Å². The summed E-state index contributed by atoms with van der Waals surface area (Å²) in [6, 6.07) is 7.87. The number of amides is 2. The summed E-state index contributed by atoms with van der Waals surface area (Å²) in [7, 11) is 0. The summed E-state index contributed by atoms with van der Waals surface area (Å²) in [5.74, 6) is -0.125. The van der Waals surface area contributed by atoms with E-state index in [1.807, 2.05) is 31.2 Å². The van der Waals surface area contributed by atoms with Crippen LogP contribution in [0.15, 0.2) is 35.4 Å². The number of aromatic nitrogens is 1. The molecular weight excluding hydrogens is 276 g/mol. The number of pyridine rings is 1. The first kappa shape index (κ1) is 14.4. The number of hydrogen-bond acceptors (Lipinski definition) is 3. The van der Waals surface area contributed by atoms with Crippen LogP contribution in [0.25, 0.3) is 10.9 Å². The molecule has 2 heterocycles. The van der Waals surface area contributed by atoms with Crippen molar-refractivity contribution in [2.45, 2.75) is 34.1 Å². The van der Waals surface area contributed by atoms with Gasteiger partial charge < -0.3 is 0 Å². The third-order valence-corrected chi connectivity index (χ3v) is 4.33. The van der Waals surface area contributed by atoms with E-state index in [0.717, 1.165) is 28.5 Å². The van der Waals surface area contributed by atoms with Gasteiger partial charge in [0.1, 0.15) is 5.82 Å². The lowest BCUT2D eigenvalue weighted by molar-refractivity contribution is -0.120. The Labute approximate surface area is 129 Å². The molecule has 0 spiro atoms. The number of fused-ring (bicyclic) bond motifs is 1. The van der Waals surface area contributed by atoms with E-state index in [0.29, 0.717) is 17.0 Å². The van der Waals surface area contributed by atoms with E-state index >= 15 is 0 Å². The van der Waals surface area contributed by atoms with E-state index in [1.54, 1.807) is 13.8 Å². The van der Waals surface area contributed by atoms with Gasteiger partial charge in [-0.2, -0.15) is 0 Å². The molecule has 0 unspecified atom stereocenters. The Morgan fingerprint density at radius 3 is 2.27 bits per heavy atom. The largest absolute Gasteiger partial charge is 0.269 e. The highest BCUT2D eigenvalue weighted by atomic mass is 16.2. The molecule has 0 bridgehead atoms. The highest BCUT2D eigenvalue weighted by Gasteiger charge is 2.35. The fourth-order valence-electron chi connectivity index (χ4n) is 2.81. The monoisotopic (exact) mass is 294 g/mol. The number of carbonyl (C=O) groups is 2. The van der Waals surface area contributed by atoms with Gasteiger partial charge in [0.15, 0.2) is 0 Å². The van der Waals surface area contributed by atoms with Gasteiger partial charge in [-0.3, -0.25) is 9.59 Å². The topological polar surface area (TPSA) is 50.3 Å². The first-order valence-electron chi connectivity index (χ1n) is 7.41. The van der Waals surface area contributed by atoms with Gasteiger partial charge in [0.25, 0.3) is 11.8 Å². The van der Waals surface area contributed by atoms with Crippen molar-refractivity contribution in [2.24, 2.45) is 0 Å². The van der Waals surface area contributed by atoms with Gasteiger partial charge in [-0.05, 0) is 44.4 Å². The summed E-state index contributed by atoms with van der Waals surface area (Å²) in [5.41, 5.74) is 3.96. The third-order valence-electron chi connectivity index (χ3n) is 4.33. The number of rotatable bonds is 2. The molecule has 0 atom stereocenters. The third kappa shape index (κ3) is 1.95. The maximum absolute atomic E-state index is 12.4. The van der Waals surface area contributed by atoms with Crippen LogP contribution in [0.3, 0.4) is 0 Å². The van der Waals surface area contributed by atoms with Gasteiger partial charge in [0, 0.05) is 16.5 Å². The second kappa shape index (κ2) is 5.05. The predicted molar refractivity (Wildman–Crippen MR) is 86.7 cm³/mol. The normalized spacial score (nSPS) is 15.4. The lowest BCUT2D eigenvalue weighted by atomic mass is 10.0. The lowest BCUT2D eigenvalue weighted by Gasteiger charge is -2.17. The number of anilines is 1. The van der Waals surface area contributed by atoms with Gasteiger partial charge in [-0.15, -0.1) is 0 Å². The number of nitrogens with zero attached hydrogens (tertiary/aromatic N) is 2. The highest BCUT2D eigenvalue weighted by molar-refractivity contribution is 6.32. The molecule has 0 saturated carbocycles. The van der Waals surface area contributed by atoms with Crippen LogP contribution in [-0.2, 0) is 16.0 Å². The van der Waals surface area contributed by atoms with Crippen molar-refractivity contribution in [3.05, 3.63) is 46.5 Å². The molecule has 1 aliphatic rings. The Morgan fingerprint density at radius 2 is 1.68 bits per heavy atom. The van der Waals surface area contributed by atoms with E-state index in [4.69, 9.17) is 0 Å². The molecule has 4 nitrogen and oxygen atoms in total. The number of imide groups is 1. The molecule has 0 radical (unpaired) electrons. The number of benzene rings is 1. The quantitative estimate of drug-likeness (QED) is 0.798. The summed E-state index contributed by atoms with van der Waals surface area (Å²) in [4.78, 5) is 30.5. The Bertz CT molecular complexity index is 826.